The lowest BCUT2D eigenvalue weighted by molar-refractivity contribution is -0.152. The van der Waals surface area contributed by atoms with Crippen molar-refractivity contribution in [3.05, 3.63) is 0 Å². The molecule has 8 atom stereocenters. The fourth-order valence-electron chi connectivity index (χ4n) is 11.0. The summed E-state index contributed by atoms with van der Waals surface area (Å²) >= 11 is 0. The molecule has 7 rings (SSSR count). The van der Waals surface area contributed by atoms with Crippen LogP contribution in [0.5, 0.6) is 0 Å². The Morgan fingerprint density at radius 2 is 1.05 bits per heavy atom. The van der Waals surface area contributed by atoms with E-state index in [0.717, 1.165) is 34.3 Å². The number of ether oxygens (including phenoxy) is 2. The summed E-state index contributed by atoms with van der Waals surface area (Å²) in [6.45, 7) is 11.9. The number of hydrogen-bond acceptors (Lipinski definition) is 8. The summed E-state index contributed by atoms with van der Waals surface area (Å²) in [6, 6.07) is -0.701. The normalized spacial score (nSPS) is 46.7. The Labute approximate surface area is 244 Å². The Bertz CT molecular complexity index is 1330. The summed E-state index contributed by atoms with van der Waals surface area (Å²) in [6.07, 6.45) is 2.72. The fourth-order valence-corrected chi connectivity index (χ4v) is 16.1. The van der Waals surface area contributed by atoms with Gasteiger partial charge in [0.15, 0.2) is 5.79 Å². The maximum Gasteiger partial charge on any atom is 0.239 e. The lowest BCUT2D eigenvalue weighted by atomic mass is 9.69. The van der Waals surface area contributed by atoms with Crippen LogP contribution >= 0.6 is 0 Å². The average Bonchev–Trinajstić information content (AvgIpc) is 3.56. The zero-order valence-corrected chi connectivity index (χ0v) is 26.6. The molecular formula is C29H44N2O8S2. The van der Waals surface area contributed by atoms with Crippen molar-refractivity contribution in [2.75, 3.05) is 11.5 Å². The van der Waals surface area contributed by atoms with Crippen molar-refractivity contribution in [2.24, 2.45) is 33.5 Å². The van der Waals surface area contributed by atoms with Gasteiger partial charge in [-0.15, -0.1) is 0 Å². The van der Waals surface area contributed by atoms with E-state index in [9.17, 15) is 26.4 Å². The summed E-state index contributed by atoms with van der Waals surface area (Å²) < 4.78 is 68.1. The predicted octanol–water partition coefficient (Wildman–Crippen LogP) is 3.02. The molecule has 0 aromatic carbocycles. The second-order valence-electron chi connectivity index (χ2n) is 15.7. The van der Waals surface area contributed by atoms with Crippen LogP contribution in [0.4, 0.5) is 0 Å². The highest BCUT2D eigenvalue weighted by molar-refractivity contribution is 7.90. The molecule has 3 saturated heterocycles. The van der Waals surface area contributed by atoms with Crippen molar-refractivity contribution < 1.29 is 35.9 Å². The summed E-state index contributed by atoms with van der Waals surface area (Å²) in [7, 11) is -7.59. The van der Waals surface area contributed by atoms with Gasteiger partial charge in [0.2, 0.25) is 31.9 Å². The maximum absolute atomic E-state index is 13.8. The van der Waals surface area contributed by atoms with Gasteiger partial charge in [-0.2, -0.15) is 0 Å². The zero-order chi connectivity index (χ0) is 29.8. The second kappa shape index (κ2) is 8.07. The van der Waals surface area contributed by atoms with Gasteiger partial charge < -0.3 is 9.47 Å². The largest absolute Gasteiger partial charge is 0.344 e. The van der Waals surface area contributed by atoms with E-state index in [-0.39, 0.29) is 47.3 Å². The Hall–Kier alpha value is -1.24. The molecule has 12 heteroatoms. The number of hydrogen-bond donors (Lipinski definition) is 0. The molecule has 230 valence electrons. The lowest BCUT2D eigenvalue weighted by Crippen LogP contribution is -2.47. The molecule has 4 saturated carbocycles. The van der Waals surface area contributed by atoms with E-state index in [1.165, 1.54) is 0 Å². The van der Waals surface area contributed by atoms with Crippen LogP contribution in [0.25, 0.3) is 0 Å². The first-order chi connectivity index (χ1) is 18.8. The van der Waals surface area contributed by atoms with E-state index in [0.29, 0.717) is 24.7 Å². The molecule has 4 bridgehead atoms. The topological polar surface area (TPSA) is 127 Å². The van der Waals surface area contributed by atoms with Crippen LogP contribution in [0.15, 0.2) is 0 Å². The molecular weight excluding hydrogens is 568 g/mol. The van der Waals surface area contributed by atoms with E-state index >= 15 is 0 Å². The molecule has 2 amide bonds. The smallest absolute Gasteiger partial charge is 0.239 e. The van der Waals surface area contributed by atoms with E-state index in [1.54, 1.807) is 13.8 Å². The van der Waals surface area contributed by atoms with E-state index in [1.807, 2.05) is 0 Å². The third kappa shape index (κ3) is 3.48. The second-order valence-corrected chi connectivity index (χ2v) is 19.4. The van der Waals surface area contributed by atoms with Crippen LogP contribution in [0.1, 0.15) is 92.9 Å². The number of sulfonamides is 2. The minimum absolute atomic E-state index is 0.0113. The Morgan fingerprint density at radius 3 is 1.39 bits per heavy atom. The van der Waals surface area contributed by atoms with Crippen molar-refractivity contribution in [3.8, 4) is 0 Å². The molecule has 4 aliphatic carbocycles. The molecule has 0 aromatic heterocycles. The molecule has 41 heavy (non-hydrogen) atoms. The summed E-state index contributed by atoms with van der Waals surface area (Å²) in [5, 5.41) is 0. The van der Waals surface area contributed by atoms with E-state index in [2.05, 4.69) is 27.7 Å². The molecule has 0 unspecified atom stereocenters. The van der Waals surface area contributed by atoms with Gasteiger partial charge in [-0.1, -0.05) is 27.7 Å². The van der Waals surface area contributed by atoms with Gasteiger partial charge in [0.25, 0.3) is 0 Å². The van der Waals surface area contributed by atoms with Gasteiger partial charge in [0.05, 0.1) is 48.6 Å². The molecule has 0 N–H and O–H groups in total. The van der Waals surface area contributed by atoms with Crippen molar-refractivity contribution in [2.45, 2.75) is 123 Å². The standard InChI is InChI=1S/C29H44N2O8S2/c1-25(2)17-7-9-28(25)15-40(34,35)30(21(28)11-17)23(32)13-19-20(39-27(5,6)38-19)14-24(33)31-22-12-18-8-10-29(22,26(18,3)4)16-41(31,36)37/h17-22H,7-16H2,1-6H3/t17-,18-,19+,20+,21-,22-,28-,29-/m1/s1. The number of fused-ring (bicyclic) bond motifs is 2. The number of rotatable bonds is 4. The van der Waals surface area contributed by atoms with E-state index in [4.69, 9.17) is 9.47 Å². The maximum atomic E-state index is 13.8. The predicted molar refractivity (Wildman–Crippen MR) is 149 cm³/mol. The summed E-state index contributed by atoms with van der Waals surface area (Å²) in [5.74, 6) is -1.41. The van der Waals surface area contributed by atoms with Crippen LogP contribution in [-0.2, 0) is 39.1 Å². The first-order valence-corrected chi connectivity index (χ1v) is 18.5. The highest BCUT2D eigenvalue weighted by Crippen LogP contribution is 2.71. The molecule has 0 aromatic rings. The molecule has 10 nitrogen and oxygen atoms in total. The molecule has 2 spiro atoms. The van der Waals surface area contributed by atoms with Crippen molar-refractivity contribution >= 4 is 31.9 Å². The minimum atomic E-state index is -3.79. The fraction of sp³-hybridized carbons (Fsp3) is 0.931. The van der Waals surface area contributed by atoms with Crippen LogP contribution < -0.4 is 0 Å². The molecule has 3 heterocycles. The SMILES string of the molecule is CC1(C)O[C@@H](CC(=O)N2[C@@H]3C[C@H]4CC[C@]3(CS2(=O)=O)C4(C)C)[C@H](CC(=O)N2[C@@H]3C[C@H]4CC[C@]3(CS2(=O)=O)C4(C)C)O1. The summed E-state index contributed by atoms with van der Waals surface area (Å²) in [5.41, 5.74) is -1.17. The van der Waals surface area contributed by atoms with Gasteiger partial charge in [-0.25, -0.2) is 25.4 Å². The third-order valence-corrected chi connectivity index (χ3v) is 17.2. The van der Waals surface area contributed by atoms with E-state index < -0.39 is 60.7 Å². The zero-order valence-electron chi connectivity index (χ0n) is 25.0. The van der Waals surface area contributed by atoms with Gasteiger partial charge in [-0.3, -0.25) is 9.59 Å². The monoisotopic (exact) mass is 612 g/mol. The molecule has 7 fully saturated rings. The van der Waals surface area contributed by atoms with Crippen molar-refractivity contribution in [1.29, 1.82) is 0 Å². The number of carbonyl (C=O) groups is 2. The molecule has 7 aliphatic rings. The highest BCUT2D eigenvalue weighted by Gasteiger charge is 2.73. The third-order valence-electron chi connectivity index (χ3n) is 13.4. The number of carbonyl (C=O) groups excluding carboxylic acids is 2. The van der Waals surface area contributed by atoms with Crippen molar-refractivity contribution in [3.63, 3.8) is 0 Å². The first-order valence-electron chi connectivity index (χ1n) is 15.2. The number of amides is 2. The quantitative estimate of drug-likeness (QED) is 0.474. The Balaban J connectivity index is 1.11. The Morgan fingerprint density at radius 1 is 0.683 bits per heavy atom. The van der Waals surface area contributed by atoms with Crippen LogP contribution in [0.2, 0.25) is 0 Å². The molecule has 3 aliphatic heterocycles. The summed E-state index contributed by atoms with van der Waals surface area (Å²) in [4.78, 5) is 27.5. The molecule has 0 radical (unpaired) electrons. The van der Waals surface area contributed by atoms with Gasteiger partial charge in [0, 0.05) is 10.8 Å². The highest BCUT2D eigenvalue weighted by atomic mass is 32.2. The van der Waals surface area contributed by atoms with Gasteiger partial charge in [0.1, 0.15) is 0 Å². The van der Waals surface area contributed by atoms with Gasteiger partial charge >= 0.3 is 0 Å². The first kappa shape index (κ1) is 28.5. The van der Waals surface area contributed by atoms with Crippen LogP contribution in [-0.4, -0.2) is 78.8 Å². The number of nitrogens with zero attached hydrogens (tertiary/aromatic N) is 2. The Kier molecular flexibility index (Phi) is 5.61. The lowest BCUT2D eigenvalue weighted by Gasteiger charge is -2.37. The minimum Gasteiger partial charge on any atom is -0.344 e. The van der Waals surface area contributed by atoms with Crippen molar-refractivity contribution in [1.82, 2.24) is 8.61 Å². The van der Waals surface area contributed by atoms with Crippen LogP contribution in [0, 0.1) is 33.5 Å². The van der Waals surface area contributed by atoms with Crippen LogP contribution in [0.3, 0.4) is 0 Å². The van der Waals surface area contributed by atoms with Gasteiger partial charge in [-0.05, 0) is 75.0 Å². The average molecular weight is 613 g/mol.